The highest BCUT2D eigenvalue weighted by Crippen LogP contribution is 2.07. The van der Waals surface area contributed by atoms with Crippen molar-refractivity contribution in [2.75, 3.05) is 6.61 Å². The maximum atomic E-state index is 5.41. The second kappa shape index (κ2) is 5.26. The molecule has 0 heterocycles. The minimum Gasteiger partial charge on any atom is -0.493 e. The largest absolute Gasteiger partial charge is 0.493 e. The predicted octanol–water partition coefficient (Wildman–Crippen LogP) is 2.48. The van der Waals surface area contributed by atoms with Crippen molar-refractivity contribution in [3.05, 3.63) is 30.3 Å². The van der Waals surface area contributed by atoms with Gasteiger partial charge in [-0.2, -0.15) is 0 Å². The zero-order chi connectivity index (χ0) is 8.65. The second-order valence-electron chi connectivity index (χ2n) is 2.34. The molecule has 1 aromatic carbocycles. The number of hydrogen-bond acceptors (Lipinski definition) is 1. The standard InChI is InChI=1S/C11H12O/c1-2-3-7-10-12-11-8-5-4-6-9-11/h4-6,8-9H,7,10H2,1H3. The number of hydrogen-bond donors (Lipinski definition) is 0. The molecule has 0 N–H and O–H groups in total. The molecule has 0 amide bonds. The maximum absolute atomic E-state index is 5.41. The van der Waals surface area contributed by atoms with Crippen LogP contribution < -0.4 is 4.74 Å². The Bertz CT molecular complexity index is 266. The van der Waals surface area contributed by atoms with Crippen molar-refractivity contribution in [3.63, 3.8) is 0 Å². The SMILES string of the molecule is CC#CCCOc1ccccc1. The number of ether oxygens (including phenoxy) is 1. The molecule has 0 aromatic heterocycles. The van der Waals surface area contributed by atoms with E-state index in [9.17, 15) is 0 Å². The third-order valence-corrected chi connectivity index (χ3v) is 1.42. The minimum absolute atomic E-state index is 0.671. The van der Waals surface area contributed by atoms with Gasteiger partial charge < -0.3 is 4.74 Å². The van der Waals surface area contributed by atoms with Crippen molar-refractivity contribution in [3.8, 4) is 17.6 Å². The summed E-state index contributed by atoms with van der Waals surface area (Å²) in [6.07, 6.45) is 0.797. The highest BCUT2D eigenvalue weighted by molar-refractivity contribution is 5.20. The first-order chi connectivity index (χ1) is 5.93. The highest BCUT2D eigenvalue weighted by Gasteiger charge is 1.87. The monoisotopic (exact) mass is 160 g/mol. The first kappa shape index (κ1) is 8.67. The molecule has 12 heavy (non-hydrogen) atoms. The first-order valence-electron chi connectivity index (χ1n) is 4.01. The van der Waals surface area contributed by atoms with E-state index in [1.807, 2.05) is 37.3 Å². The van der Waals surface area contributed by atoms with Crippen LogP contribution in [0.3, 0.4) is 0 Å². The van der Waals surface area contributed by atoms with E-state index in [2.05, 4.69) is 11.8 Å². The van der Waals surface area contributed by atoms with Gasteiger partial charge in [-0.05, 0) is 19.1 Å². The molecule has 0 unspecified atom stereocenters. The van der Waals surface area contributed by atoms with E-state index in [0.717, 1.165) is 12.2 Å². The van der Waals surface area contributed by atoms with E-state index in [-0.39, 0.29) is 0 Å². The summed E-state index contributed by atoms with van der Waals surface area (Å²) in [5.74, 6) is 6.68. The van der Waals surface area contributed by atoms with Crippen LogP contribution in [0.5, 0.6) is 5.75 Å². The minimum atomic E-state index is 0.671. The number of benzene rings is 1. The van der Waals surface area contributed by atoms with Crippen molar-refractivity contribution in [2.24, 2.45) is 0 Å². The van der Waals surface area contributed by atoms with E-state index in [1.165, 1.54) is 0 Å². The summed E-state index contributed by atoms with van der Waals surface area (Å²) < 4.78 is 5.41. The van der Waals surface area contributed by atoms with Crippen LogP contribution in [0, 0.1) is 11.8 Å². The molecule has 1 rings (SSSR count). The Morgan fingerprint density at radius 2 is 2.00 bits per heavy atom. The maximum Gasteiger partial charge on any atom is 0.119 e. The van der Waals surface area contributed by atoms with Crippen LogP contribution in [0.2, 0.25) is 0 Å². The summed E-state index contributed by atoms with van der Waals surface area (Å²) in [5.41, 5.74) is 0. The molecule has 0 atom stereocenters. The summed E-state index contributed by atoms with van der Waals surface area (Å²) in [5, 5.41) is 0. The van der Waals surface area contributed by atoms with Crippen LogP contribution in [0.1, 0.15) is 13.3 Å². The van der Waals surface area contributed by atoms with Gasteiger partial charge in [0.1, 0.15) is 5.75 Å². The summed E-state index contributed by atoms with van der Waals surface area (Å²) >= 11 is 0. The van der Waals surface area contributed by atoms with Crippen molar-refractivity contribution >= 4 is 0 Å². The summed E-state index contributed by atoms with van der Waals surface area (Å²) in [7, 11) is 0. The summed E-state index contributed by atoms with van der Waals surface area (Å²) in [6.45, 7) is 2.51. The van der Waals surface area contributed by atoms with Gasteiger partial charge in [0.05, 0.1) is 6.61 Å². The molecular formula is C11H12O. The average Bonchev–Trinajstić information content (AvgIpc) is 2.14. The fraction of sp³-hybridized carbons (Fsp3) is 0.273. The van der Waals surface area contributed by atoms with Crippen LogP contribution in [0.15, 0.2) is 30.3 Å². The first-order valence-corrected chi connectivity index (χ1v) is 4.01. The molecule has 0 bridgehead atoms. The van der Waals surface area contributed by atoms with Crippen LogP contribution in [-0.4, -0.2) is 6.61 Å². The molecule has 1 nitrogen and oxygen atoms in total. The van der Waals surface area contributed by atoms with Gasteiger partial charge in [0, 0.05) is 6.42 Å². The molecule has 0 fully saturated rings. The Labute approximate surface area is 73.4 Å². The molecule has 0 aliphatic heterocycles. The zero-order valence-corrected chi connectivity index (χ0v) is 7.21. The van der Waals surface area contributed by atoms with Crippen LogP contribution in [0.4, 0.5) is 0 Å². The molecule has 1 aromatic rings. The second-order valence-corrected chi connectivity index (χ2v) is 2.34. The van der Waals surface area contributed by atoms with E-state index in [4.69, 9.17) is 4.74 Å². The van der Waals surface area contributed by atoms with Crippen molar-refractivity contribution in [1.29, 1.82) is 0 Å². The third-order valence-electron chi connectivity index (χ3n) is 1.42. The molecule has 0 aliphatic carbocycles. The zero-order valence-electron chi connectivity index (χ0n) is 7.21. The van der Waals surface area contributed by atoms with E-state index < -0.39 is 0 Å². The van der Waals surface area contributed by atoms with Gasteiger partial charge in [0.25, 0.3) is 0 Å². The molecule has 0 saturated heterocycles. The fourth-order valence-corrected chi connectivity index (χ4v) is 0.862. The average molecular weight is 160 g/mol. The quantitative estimate of drug-likeness (QED) is 0.487. The lowest BCUT2D eigenvalue weighted by molar-refractivity contribution is 0.327. The van der Waals surface area contributed by atoms with E-state index >= 15 is 0 Å². The Hall–Kier alpha value is -1.42. The normalized spacial score (nSPS) is 8.42. The van der Waals surface area contributed by atoms with Gasteiger partial charge in [-0.15, -0.1) is 11.8 Å². The van der Waals surface area contributed by atoms with E-state index in [0.29, 0.717) is 6.61 Å². The van der Waals surface area contributed by atoms with Crippen LogP contribution in [0.25, 0.3) is 0 Å². The number of para-hydroxylation sites is 1. The molecule has 0 aliphatic rings. The van der Waals surface area contributed by atoms with Gasteiger partial charge >= 0.3 is 0 Å². The summed E-state index contributed by atoms with van der Waals surface area (Å²) in [6, 6.07) is 9.78. The summed E-state index contributed by atoms with van der Waals surface area (Å²) in [4.78, 5) is 0. The lowest BCUT2D eigenvalue weighted by atomic mass is 10.3. The van der Waals surface area contributed by atoms with Crippen molar-refractivity contribution in [1.82, 2.24) is 0 Å². The van der Waals surface area contributed by atoms with Crippen LogP contribution in [-0.2, 0) is 0 Å². The number of rotatable bonds is 3. The lowest BCUT2D eigenvalue weighted by Crippen LogP contribution is -1.94. The van der Waals surface area contributed by atoms with Gasteiger partial charge in [-0.25, -0.2) is 0 Å². The van der Waals surface area contributed by atoms with Crippen molar-refractivity contribution in [2.45, 2.75) is 13.3 Å². The highest BCUT2D eigenvalue weighted by atomic mass is 16.5. The van der Waals surface area contributed by atoms with Crippen LogP contribution >= 0.6 is 0 Å². The smallest absolute Gasteiger partial charge is 0.119 e. The molecule has 0 radical (unpaired) electrons. The fourth-order valence-electron chi connectivity index (χ4n) is 0.862. The Kier molecular flexibility index (Phi) is 3.80. The topological polar surface area (TPSA) is 9.23 Å². The predicted molar refractivity (Wildman–Crippen MR) is 50.0 cm³/mol. The van der Waals surface area contributed by atoms with Crippen molar-refractivity contribution < 1.29 is 4.74 Å². The Morgan fingerprint density at radius 3 is 2.67 bits per heavy atom. The lowest BCUT2D eigenvalue weighted by Gasteiger charge is -2.01. The molecule has 62 valence electrons. The molecule has 1 heteroatoms. The van der Waals surface area contributed by atoms with E-state index in [1.54, 1.807) is 0 Å². The van der Waals surface area contributed by atoms with Gasteiger partial charge in [-0.1, -0.05) is 18.2 Å². The Morgan fingerprint density at radius 1 is 1.25 bits per heavy atom. The van der Waals surface area contributed by atoms with Gasteiger partial charge in [0.15, 0.2) is 0 Å². The molecule has 0 spiro atoms. The van der Waals surface area contributed by atoms with Gasteiger partial charge in [0.2, 0.25) is 0 Å². The molecular weight excluding hydrogens is 148 g/mol. The van der Waals surface area contributed by atoms with Gasteiger partial charge in [-0.3, -0.25) is 0 Å². The third kappa shape index (κ3) is 3.12. The molecule has 0 saturated carbocycles. The Balaban J connectivity index is 2.27.